The summed E-state index contributed by atoms with van der Waals surface area (Å²) in [6.45, 7) is 3.85. The van der Waals surface area contributed by atoms with Gasteiger partial charge in [0.05, 0.1) is 6.20 Å². The van der Waals surface area contributed by atoms with Gasteiger partial charge in [0.25, 0.3) is 0 Å². The van der Waals surface area contributed by atoms with Gasteiger partial charge in [-0.3, -0.25) is 0 Å². The molecule has 0 saturated heterocycles. The highest BCUT2D eigenvalue weighted by atomic mass is 79.9. The average Bonchev–Trinajstić information content (AvgIpc) is 2.15. The van der Waals surface area contributed by atoms with Gasteiger partial charge in [-0.2, -0.15) is 0 Å². The average molecular weight is 270 g/mol. The van der Waals surface area contributed by atoms with Crippen LogP contribution in [-0.4, -0.2) is 18.0 Å². The number of nitrogens with zero attached hydrogens (tertiary/aromatic N) is 1. The summed E-state index contributed by atoms with van der Waals surface area (Å²) in [6.07, 6.45) is 1.32. The molecule has 68 valence electrons. The molecular formula is C6H8BrNO2S2. The number of thioether (sulfide) groups is 1. The molecule has 0 N–H and O–H groups in total. The van der Waals surface area contributed by atoms with E-state index in [0.717, 1.165) is 0 Å². The van der Waals surface area contributed by atoms with Crippen molar-refractivity contribution in [2.24, 2.45) is 4.99 Å². The molecule has 0 bridgehead atoms. The largest absolute Gasteiger partial charge is 0.238 e. The molecule has 6 heteroatoms. The predicted octanol–water partition coefficient (Wildman–Crippen LogP) is 2.11. The fourth-order valence-corrected chi connectivity index (χ4v) is 3.92. The van der Waals surface area contributed by atoms with E-state index in [1.807, 2.05) is 13.8 Å². The van der Waals surface area contributed by atoms with Gasteiger partial charge in [0.15, 0.2) is 4.38 Å². The van der Waals surface area contributed by atoms with Gasteiger partial charge in [-0.05, 0) is 15.9 Å². The third-order valence-corrected chi connectivity index (χ3v) is 5.49. The first-order valence-electron chi connectivity index (χ1n) is 3.30. The Labute approximate surface area is 84.4 Å². The van der Waals surface area contributed by atoms with E-state index in [0.29, 0.717) is 0 Å². The first-order chi connectivity index (χ1) is 5.44. The van der Waals surface area contributed by atoms with Crippen LogP contribution in [0.25, 0.3) is 0 Å². The van der Waals surface area contributed by atoms with E-state index in [1.54, 1.807) is 0 Å². The summed E-state index contributed by atoms with van der Waals surface area (Å²) in [4.78, 5) is 3.79. The normalized spacial score (nSPS) is 21.0. The van der Waals surface area contributed by atoms with Gasteiger partial charge in [0.2, 0.25) is 9.84 Å². The van der Waals surface area contributed by atoms with Crippen molar-refractivity contribution in [3.8, 4) is 0 Å². The van der Waals surface area contributed by atoms with E-state index in [4.69, 9.17) is 0 Å². The van der Waals surface area contributed by atoms with E-state index in [9.17, 15) is 8.42 Å². The number of aliphatic imine (C=N–C) groups is 1. The highest BCUT2D eigenvalue weighted by molar-refractivity contribution is 9.14. The van der Waals surface area contributed by atoms with E-state index in [1.165, 1.54) is 18.0 Å². The zero-order valence-electron chi connectivity index (χ0n) is 6.61. The monoisotopic (exact) mass is 269 g/mol. The van der Waals surface area contributed by atoms with Crippen molar-refractivity contribution in [1.82, 2.24) is 0 Å². The minimum atomic E-state index is -3.27. The Balaban J connectivity index is 2.88. The third kappa shape index (κ3) is 1.92. The summed E-state index contributed by atoms with van der Waals surface area (Å²) in [5.74, 6) is 0. The molecule has 1 heterocycles. The Morgan fingerprint density at radius 3 is 2.50 bits per heavy atom. The first kappa shape index (κ1) is 10.3. The summed E-state index contributed by atoms with van der Waals surface area (Å²) >= 11 is 4.19. The molecular weight excluding hydrogens is 262 g/mol. The predicted molar refractivity (Wildman–Crippen MR) is 56.1 cm³/mol. The summed E-state index contributed by atoms with van der Waals surface area (Å²) in [7, 11) is -3.27. The summed E-state index contributed by atoms with van der Waals surface area (Å²) in [6, 6.07) is 0. The SMILES string of the molecule is CC(C)SC1=NC=C(Br)S1(=O)=O. The highest BCUT2D eigenvalue weighted by Gasteiger charge is 2.28. The van der Waals surface area contributed by atoms with Crippen molar-refractivity contribution in [3.63, 3.8) is 0 Å². The molecule has 0 radical (unpaired) electrons. The standard InChI is InChI=1S/C6H8BrNO2S2/c1-4(2)11-6-8-3-5(7)12(6,9)10/h3-4H,1-2H3. The minimum Gasteiger partial charge on any atom is -0.236 e. The molecule has 0 aromatic rings. The topological polar surface area (TPSA) is 46.5 Å². The van der Waals surface area contributed by atoms with E-state index in [-0.39, 0.29) is 13.4 Å². The van der Waals surface area contributed by atoms with E-state index >= 15 is 0 Å². The lowest BCUT2D eigenvalue weighted by Gasteiger charge is -2.03. The molecule has 1 aliphatic rings. The Morgan fingerprint density at radius 1 is 1.58 bits per heavy atom. The molecule has 0 spiro atoms. The molecule has 0 aromatic heterocycles. The van der Waals surface area contributed by atoms with Crippen LogP contribution in [0.2, 0.25) is 0 Å². The molecule has 0 fully saturated rings. The molecule has 1 rings (SSSR count). The lowest BCUT2D eigenvalue weighted by atomic mass is 10.6. The number of hydrogen-bond donors (Lipinski definition) is 0. The van der Waals surface area contributed by atoms with Crippen LogP contribution in [0.4, 0.5) is 0 Å². The summed E-state index contributed by atoms with van der Waals surface area (Å²) in [5, 5.41) is 0.227. The number of rotatable bonds is 1. The van der Waals surface area contributed by atoms with Crippen LogP contribution in [0.15, 0.2) is 15.0 Å². The van der Waals surface area contributed by atoms with Gasteiger partial charge in [-0.25, -0.2) is 13.4 Å². The van der Waals surface area contributed by atoms with Crippen LogP contribution in [-0.2, 0) is 9.84 Å². The first-order valence-corrected chi connectivity index (χ1v) is 6.45. The lowest BCUT2D eigenvalue weighted by Crippen LogP contribution is -2.09. The Morgan fingerprint density at radius 2 is 2.17 bits per heavy atom. The Hall–Kier alpha value is 0.190. The maximum Gasteiger partial charge on any atom is 0.238 e. The van der Waals surface area contributed by atoms with Gasteiger partial charge in [0, 0.05) is 5.25 Å². The van der Waals surface area contributed by atoms with Crippen LogP contribution in [0.1, 0.15) is 13.8 Å². The van der Waals surface area contributed by atoms with Gasteiger partial charge < -0.3 is 0 Å². The summed E-state index contributed by atoms with van der Waals surface area (Å²) in [5.41, 5.74) is 0. The smallest absolute Gasteiger partial charge is 0.236 e. The highest BCUT2D eigenvalue weighted by Crippen LogP contribution is 2.29. The molecule has 0 amide bonds. The Kier molecular flexibility index (Phi) is 3.01. The van der Waals surface area contributed by atoms with Crippen LogP contribution in [0.5, 0.6) is 0 Å². The van der Waals surface area contributed by atoms with Crippen molar-refractivity contribution in [2.45, 2.75) is 19.1 Å². The van der Waals surface area contributed by atoms with Crippen molar-refractivity contribution >= 4 is 41.9 Å². The van der Waals surface area contributed by atoms with Gasteiger partial charge >= 0.3 is 0 Å². The number of sulfone groups is 1. The van der Waals surface area contributed by atoms with Crippen LogP contribution in [0.3, 0.4) is 0 Å². The second-order valence-corrected chi connectivity index (χ2v) is 7.53. The quantitative estimate of drug-likeness (QED) is 0.733. The van der Waals surface area contributed by atoms with Gasteiger partial charge in [-0.15, -0.1) is 0 Å². The minimum absolute atomic E-state index is 0.151. The molecule has 3 nitrogen and oxygen atoms in total. The summed E-state index contributed by atoms with van der Waals surface area (Å²) < 4.78 is 23.1. The fraction of sp³-hybridized carbons (Fsp3) is 0.500. The molecule has 0 saturated carbocycles. The third-order valence-electron chi connectivity index (χ3n) is 1.09. The van der Waals surface area contributed by atoms with Crippen molar-refractivity contribution in [3.05, 3.63) is 10.0 Å². The van der Waals surface area contributed by atoms with E-state index < -0.39 is 9.84 Å². The van der Waals surface area contributed by atoms with Crippen molar-refractivity contribution in [2.75, 3.05) is 0 Å². The lowest BCUT2D eigenvalue weighted by molar-refractivity contribution is 0.615. The van der Waals surface area contributed by atoms with Gasteiger partial charge in [0.1, 0.15) is 3.81 Å². The van der Waals surface area contributed by atoms with E-state index in [2.05, 4.69) is 20.9 Å². The molecule has 1 aliphatic heterocycles. The molecule has 12 heavy (non-hydrogen) atoms. The van der Waals surface area contributed by atoms with Crippen LogP contribution < -0.4 is 0 Å². The number of halogens is 1. The maximum atomic E-state index is 11.4. The second-order valence-electron chi connectivity index (χ2n) is 2.50. The Bertz CT molecular complexity index is 343. The molecule has 0 aromatic carbocycles. The van der Waals surface area contributed by atoms with Crippen LogP contribution in [0, 0.1) is 0 Å². The molecule has 0 atom stereocenters. The fourth-order valence-electron chi connectivity index (χ4n) is 0.621. The zero-order chi connectivity index (χ0) is 9.35. The second kappa shape index (κ2) is 3.51. The zero-order valence-corrected chi connectivity index (χ0v) is 9.83. The molecule has 0 unspecified atom stereocenters. The van der Waals surface area contributed by atoms with Crippen molar-refractivity contribution < 1.29 is 8.42 Å². The maximum absolute atomic E-state index is 11.4. The molecule has 0 aliphatic carbocycles. The van der Waals surface area contributed by atoms with Crippen molar-refractivity contribution in [1.29, 1.82) is 0 Å². The number of hydrogen-bond acceptors (Lipinski definition) is 4. The van der Waals surface area contributed by atoms with Crippen LogP contribution >= 0.6 is 27.7 Å². The van der Waals surface area contributed by atoms with Gasteiger partial charge in [-0.1, -0.05) is 25.6 Å².